The number of rotatable bonds is 8. The van der Waals surface area contributed by atoms with Gasteiger partial charge in [-0.15, -0.1) is 12.4 Å². The molecule has 0 aliphatic carbocycles. The average Bonchev–Trinajstić information content (AvgIpc) is 2.78. The molecule has 31 heavy (non-hydrogen) atoms. The summed E-state index contributed by atoms with van der Waals surface area (Å²) < 4.78 is 10.8. The number of carbonyl (C=O) groups is 2. The second-order valence-corrected chi connectivity index (χ2v) is 7.83. The zero-order valence-corrected chi connectivity index (χ0v) is 19.5. The number of hydrogen-bond donors (Lipinski definition) is 0. The third-order valence-electron chi connectivity index (χ3n) is 5.77. The summed E-state index contributed by atoms with van der Waals surface area (Å²) in [5.74, 6) is 0.532. The number of halogens is 1. The highest BCUT2D eigenvalue weighted by molar-refractivity contribution is 5.87. The summed E-state index contributed by atoms with van der Waals surface area (Å²) in [6.07, 6.45) is 1.51. The second-order valence-electron chi connectivity index (χ2n) is 7.83. The van der Waals surface area contributed by atoms with Crippen molar-refractivity contribution >= 4 is 35.1 Å². The van der Waals surface area contributed by atoms with E-state index in [1.807, 2.05) is 55.1 Å². The monoisotopic (exact) mass is 448 g/mol. The fourth-order valence-corrected chi connectivity index (χ4v) is 3.77. The Morgan fingerprint density at radius 2 is 1.71 bits per heavy atom. The van der Waals surface area contributed by atoms with Gasteiger partial charge in [-0.1, -0.05) is 31.2 Å². The summed E-state index contributed by atoms with van der Waals surface area (Å²) in [6, 6.07) is 11.9. The van der Waals surface area contributed by atoms with Gasteiger partial charge >= 0.3 is 5.97 Å². The lowest BCUT2D eigenvalue weighted by Gasteiger charge is -2.34. The Morgan fingerprint density at radius 3 is 2.39 bits per heavy atom. The van der Waals surface area contributed by atoms with Gasteiger partial charge in [0.2, 0.25) is 5.91 Å². The number of fused-ring (bicyclic) bond motifs is 1. The molecular weight excluding hydrogens is 416 g/mol. The van der Waals surface area contributed by atoms with Gasteiger partial charge in [0, 0.05) is 39.1 Å². The van der Waals surface area contributed by atoms with Gasteiger partial charge in [-0.05, 0) is 41.8 Å². The first-order valence-electron chi connectivity index (χ1n) is 10.8. The smallest absolute Gasteiger partial charge is 0.313 e. The topological polar surface area (TPSA) is 59.1 Å². The number of hydrogen-bond acceptors (Lipinski definition) is 5. The number of amides is 1. The van der Waals surface area contributed by atoms with E-state index in [2.05, 4.69) is 4.90 Å². The molecule has 0 radical (unpaired) electrons. The Balaban J connectivity index is 0.00000341. The number of benzene rings is 2. The molecule has 170 valence electrons. The molecule has 2 aromatic rings. The number of methoxy groups -OCH3 is 1. The molecule has 0 aromatic heterocycles. The zero-order valence-electron chi connectivity index (χ0n) is 18.6. The average molecular weight is 449 g/mol. The van der Waals surface area contributed by atoms with E-state index in [1.54, 1.807) is 7.11 Å². The van der Waals surface area contributed by atoms with Crippen LogP contribution in [0.1, 0.15) is 38.2 Å². The first kappa shape index (κ1) is 25.0. The molecule has 1 aliphatic rings. The predicted molar refractivity (Wildman–Crippen MR) is 125 cm³/mol. The molecule has 1 atom stereocenters. The maximum Gasteiger partial charge on any atom is 0.313 e. The maximum absolute atomic E-state index is 12.5. The van der Waals surface area contributed by atoms with E-state index in [4.69, 9.17) is 9.47 Å². The second kappa shape index (κ2) is 11.9. The van der Waals surface area contributed by atoms with Crippen molar-refractivity contribution in [3.8, 4) is 5.75 Å². The first-order chi connectivity index (χ1) is 14.5. The molecule has 0 N–H and O–H groups in total. The van der Waals surface area contributed by atoms with Gasteiger partial charge in [0.1, 0.15) is 12.4 Å². The Labute approximate surface area is 190 Å². The van der Waals surface area contributed by atoms with Crippen molar-refractivity contribution in [2.75, 3.05) is 46.4 Å². The Kier molecular flexibility index (Phi) is 9.59. The minimum Gasteiger partial charge on any atom is -0.497 e. The van der Waals surface area contributed by atoms with Crippen molar-refractivity contribution in [2.45, 2.75) is 32.6 Å². The van der Waals surface area contributed by atoms with Crippen molar-refractivity contribution in [1.29, 1.82) is 0 Å². The van der Waals surface area contributed by atoms with Crippen molar-refractivity contribution < 1.29 is 19.1 Å². The predicted octanol–water partition coefficient (Wildman–Crippen LogP) is 3.86. The van der Waals surface area contributed by atoms with Crippen molar-refractivity contribution in [2.24, 2.45) is 0 Å². The van der Waals surface area contributed by atoms with Crippen LogP contribution in [-0.2, 0) is 14.3 Å². The van der Waals surface area contributed by atoms with Crippen LogP contribution in [0.4, 0.5) is 0 Å². The fourth-order valence-electron chi connectivity index (χ4n) is 3.77. The molecule has 1 fully saturated rings. The largest absolute Gasteiger partial charge is 0.497 e. The van der Waals surface area contributed by atoms with E-state index in [0.717, 1.165) is 54.7 Å². The summed E-state index contributed by atoms with van der Waals surface area (Å²) in [6.45, 7) is 8.15. The lowest BCUT2D eigenvalue weighted by Crippen LogP contribution is -2.49. The van der Waals surface area contributed by atoms with Crippen molar-refractivity contribution in [3.05, 3.63) is 42.0 Å². The molecule has 1 aliphatic heterocycles. The SMILES string of the molecule is CCCC(=O)N1CCN(CCOC(=O)[C@@H](C)c2ccc3cc(OC)ccc3c2)CC1.Cl. The number of nitrogens with zero attached hydrogens (tertiary/aromatic N) is 2. The molecule has 0 unspecified atom stereocenters. The third kappa shape index (κ3) is 6.58. The molecular formula is C24H33ClN2O4. The summed E-state index contributed by atoms with van der Waals surface area (Å²) in [5, 5.41) is 2.15. The lowest BCUT2D eigenvalue weighted by molar-refractivity contribution is -0.145. The van der Waals surface area contributed by atoms with Gasteiger partial charge in [-0.3, -0.25) is 14.5 Å². The van der Waals surface area contributed by atoms with Crippen LogP contribution in [0.25, 0.3) is 10.8 Å². The fraction of sp³-hybridized carbons (Fsp3) is 0.500. The molecule has 1 saturated heterocycles. The highest BCUT2D eigenvalue weighted by Crippen LogP contribution is 2.25. The zero-order chi connectivity index (χ0) is 21.5. The number of piperazine rings is 1. The maximum atomic E-state index is 12.5. The van der Waals surface area contributed by atoms with E-state index < -0.39 is 0 Å². The van der Waals surface area contributed by atoms with Crippen LogP contribution >= 0.6 is 12.4 Å². The molecule has 3 rings (SSSR count). The van der Waals surface area contributed by atoms with E-state index in [9.17, 15) is 9.59 Å². The molecule has 1 heterocycles. The van der Waals surface area contributed by atoms with Gasteiger partial charge < -0.3 is 14.4 Å². The quantitative estimate of drug-likeness (QED) is 0.574. The third-order valence-corrected chi connectivity index (χ3v) is 5.77. The summed E-state index contributed by atoms with van der Waals surface area (Å²) in [5.41, 5.74) is 0.945. The van der Waals surface area contributed by atoms with Gasteiger partial charge in [0.15, 0.2) is 0 Å². The summed E-state index contributed by atoms with van der Waals surface area (Å²) >= 11 is 0. The Morgan fingerprint density at radius 1 is 1.03 bits per heavy atom. The van der Waals surface area contributed by atoms with E-state index in [0.29, 0.717) is 19.6 Å². The summed E-state index contributed by atoms with van der Waals surface area (Å²) in [7, 11) is 1.65. The molecule has 0 spiro atoms. The lowest BCUT2D eigenvalue weighted by atomic mass is 9.98. The van der Waals surface area contributed by atoms with Crippen molar-refractivity contribution in [1.82, 2.24) is 9.80 Å². The van der Waals surface area contributed by atoms with E-state index >= 15 is 0 Å². The molecule has 6 nitrogen and oxygen atoms in total. The Bertz CT molecular complexity index is 881. The van der Waals surface area contributed by atoms with E-state index in [1.165, 1.54) is 0 Å². The summed E-state index contributed by atoms with van der Waals surface area (Å²) in [4.78, 5) is 28.7. The highest BCUT2D eigenvalue weighted by Gasteiger charge is 2.21. The number of esters is 1. The van der Waals surface area contributed by atoms with Crippen LogP contribution in [0.2, 0.25) is 0 Å². The molecule has 0 bridgehead atoms. The van der Waals surface area contributed by atoms with Crippen LogP contribution in [0, 0.1) is 0 Å². The molecule has 1 amide bonds. The number of carbonyl (C=O) groups excluding carboxylic acids is 2. The van der Waals surface area contributed by atoms with E-state index in [-0.39, 0.29) is 30.2 Å². The molecule has 7 heteroatoms. The highest BCUT2D eigenvalue weighted by atomic mass is 35.5. The van der Waals surface area contributed by atoms with Crippen LogP contribution < -0.4 is 4.74 Å². The first-order valence-corrected chi connectivity index (χ1v) is 10.8. The van der Waals surface area contributed by atoms with Crippen LogP contribution in [0.15, 0.2) is 36.4 Å². The minimum atomic E-state index is -0.319. The number of ether oxygens (including phenoxy) is 2. The van der Waals surface area contributed by atoms with Crippen LogP contribution in [-0.4, -0.2) is 68.1 Å². The van der Waals surface area contributed by atoms with Gasteiger partial charge in [0.05, 0.1) is 13.0 Å². The van der Waals surface area contributed by atoms with Gasteiger partial charge in [0.25, 0.3) is 0 Å². The van der Waals surface area contributed by atoms with Gasteiger partial charge in [-0.25, -0.2) is 0 Å². The standard InChI is InChI=1S/C24H32N2O4.ClH/c1-4-5-23(27)26-12-10-25(11-13-26)14-15-30-24(28)18(2)19-6-7-21-17-22(29-3)9-8-20(21)16-19;/h6-9,16-18H,4-5,10-15H2,1-3H3;1H/t18-;/m0./s1. The normalized spacial score (nSPS) is 15.3. The van der Waals surface area contributed by atoms with Crippen molar-refractivity contribution in [3.63, 3.8) is 0 Å². The molecule has 0 saturated carbocycles. The van der Waals surface area contributed by atoms with Crippen LogP contribution in [0.5, 0.6) is 5.75 Å². The van der Waals surface area contributed by atoms with Gasteiger partial charge in [-0.2, -0.15) is 0 Å². The van der Waals surface area contributed by atoms with Crippen LogP contribution in [0.3, 0.4) is 0 Å². The molecule has 2 aromatic carbocycles. The minimum absolute atomic E-state index is 0. The Hall–Kier alpha value is -2.31.